The number of carbonyl (C=O) groups excluding carboxylic acids is 2. The van der Waals surface area contributed by atoms with Gasteiger partial charge in [0.25, 0.3) is 0 Å². The summed E-state index contributed by atoms with van der Waals surface area (Å²) in [6.45, 7) is 5.08. The molecule has 0 spiro atoms. The molecule has 0 saturated heterocycles. The molecule has 1 atom stereocenters. The van der Waals surface area contributed by atoms with E-state index in [2.05, 4.69) is 10.3 Å². The molecule has 20 heavy (non-hydrogen) atoms. The van der Waals surface area contributed by atoms with Gasteiger partial charge in [-0.15, -0.1) is 0 Å². The fourth-order valence-corrected chi connectivity index (χ4v) is 1.37. The van der Waals surface area contributed by atoms with Crippen LogP contribution in [0.3, 0.4) is 0 Å². The van der Waals surface area contributed by atoms with E-state index in [0.29, 0.717) is 5.69 Å². The van der Waals surface area contributed by atoms with Crippen LogP contribution in [0.1, 0.15) is 26.5 Å². The van der Waals surface area contributed by atoms with Gasteiger partial charge < -0.3 is 20.0 Å². The van der Waals surface area contributed by atoms with Gasteiger partial charge in [-0.2, -0.15) is 0 Å². The van der Waals surface area contributed by atoms with Crippen LogP contribution >= 0.6 is 0 Å². The summed E-state index contributed by atoms with van der Waals surface area (Å²) in [6, 6.07) is 3.96. The number of hydrogen-bond donors (Lipinski definition) is 1. The fraction of sp³-hybridized carbons (Fsp3) is 0.462. The molecule has 0 fully saturated rings. The van der Waals surface area contributed by atoms with Gasteiger partial charge in [-0.1, -0.05) is 6.07 Å². The maximum atomic E-state index is 11.5. The Labute approximate surface area is 140 Å². The topological polar surface area (TPSA) is 91.3 Å². The van der Waals surface area contributed by atoms with Gasteiger partial charge in [0.05, 0.1) is 12.0 Å². The van der Waals surface area contributed by atoms with E-state index in [9.17, 15) is 14.7 Å². The smallest absolute Gasteiger partial charge is 0.548 e. The molecule has 1 amide bonds. The minimum atomic E-state index is -1.38. The molecule has 1 heterocycles. The molecule has 0 saturated carbocycles. The number of ether oxygens (including phenoxy) is 1. The molecule has 0 aliphatic carbocycles. The minimum absolute atomic E-state index is 0. The largest absolute Gasteiger partial charge is 1.00 e. The van der Waals surface area contributed by atoms with Crippen LogP contribution < -0.4 is 40.0 Å². The summed E-state index contributed by atoms with van der Waals surface area (Å²) >= 11 is 0. The molecule has 0 radical (unpaired) electrons. The number of nitrogens with zero attached hydrogens (tertiary/aromatic N) is 1. The number of carboxylic acids is 1. The van der Waals surface area contributed by atoms with Gasteiger partial charge in [-0.05, 0) is 32.9 Å². The molecule has 0 unspecified atom stereocenters. The number of aromatic nitrogens is 1. The number of nitrogens with one attached hydrogen (secondary N) is 1. The molecule has 7 heteroatoms. The summed E-state index contributed by atoms with van der Waals surface area (Å²) in [5.74, 6) is -1.38. The predicted octanol–water partition coefficient (Wildman–Crippen LogP) is -2.73. The van der Waals surface area contributed by atoms with Crippen LogP contribution in [0.5, 0.6) is 0 Å². The number of amides is 1. The summed E-state index contributed by atoms with van der Waals surface area (Å²) in [5, 5.41) is 13.3. The molecule has 1 aromatic rings. The van der Waals surface area contributed by atoms with Crippen molar-refractivity contribution in [3.05, 3.63) is 30.1 Å². The van der Waals surface area contributed by atoms with Crippen molar-refractivity contribution in [1.29, 1.82) is 0 Å². The number of pyridine rings is 1. The molecular weight excluding hydrogens is 271 g/mol. The van der Waals surface area contributed by atoms with Crippen molar-refractivity contribution in [3.63, 3.8) is 0 Å². The second kappa shape index (κ2) is 8.24. The third-order valence-corrected chi connectivity index (χ3v) is 2.11. The van der Waals surface area contributed by atoms with Crippen LogP contribution in [0.2, 0.25) is 0 Å². The van der Waals surface area contributed by atoms with Gasteiger partial charge >= 0.3 is 35.7 Å². The number of aliphatic carboxylic acids is 1. The number of rotatable bonds is 4. The van der Waals surface area contributed by atoms with E-state index in [1.165, 1.54) is 0 Å². The SMILES string of the molecule is CC(C)(C)OC(=O)N[C@@H](Cc1ccccn1)C(=O)[O-].[Na+]. The molecule has 0 aliphatic rings. The van der Waals surface area contributed by atoms with Crippen LogP contribution in [0, 0.1) is 0 Å². The first-order valence-corrected chi connectivity index (χ1v) is 5.88. The average Bonchev–Trinajstić information content (AvgIpc) is 2.26. The standard InChI is InChI=1S/C13H18N2O4.Na/c1-13(2,3)19-12(18)15-10(11(16)17)8-9-6-4-5-7-14-9;/h4-7,10H,8H2,1-3H3,(H,15,18)(H,16,17);/q;+1/p-1/t10-;/m0./s1. The van der Waals surface area contributed by atoms with Crippen LogP contribution in [-0.2, 0) is 16.0 Å². The van der Waals surface area contributed by atoms with Crippen molar-refractivity contribution >= 4 is 12.1 Å². The zero-order valence-corrected chi connectivity index (χ0v) is 14.2. The molecular formula is C13H17N2NaO4. The Morgan fingerprint density at radius 2 is 2.05 bits per heavy atom. The van der Waals surface area contributed by atoms with Crippen LogP contribution in [0.15, 0.2) is 24.4 Å². The predicted molar refractivity (Wildman–Crippen MR) is 66.1 cm³/mol. The van der Waals surface area contributed by atoms with Gasteiger partial charge in [0.2, 0.25) is 0 Å². The monoisotopic (exact) mass is 288 g/mol. The second-order valence-electron chi connectivity index (χ2n) is 5.04. The summed E-state index contributed by atoms with van der Waals surface area (Å²) in [4.78, 5) is 26.5. The normalized spacial score (nSPS) is 11.9. The Morgan fingerprint density at radius 1 is 1.40 bits per heavy atom. The molecule has 0 aromatic carbocycles. The Hall–Kier alpha value is -1.11. The minimum Gasteiger partial charge on any atom is -0.548 e. The van der Waals surface area contributed by atoms with E-state index in [0.717, 1.165) is 0 Å². The maximum Gasteiger partial charge on any atom is 1.00 e. The zero-order valence-electron chi connectivity index (χ0n) is 12.2. The average molecular weight is 288 g/mol. The van der Waals surface area contributed by atoms with Crippen molar-refractivity contribution in [2.24, 2.45) is 0 Å². The number of alkyl carbamates (subject to hydrolysis) is 1. The summed E-state index contributed by atoms with van der Waals surface area (Å²) in [6.07, 6.45) is 0.801. The Bertz CT molecular complexity index is 445. The molecule has 104 valence electrons. The first-order valence-electron chi connectivity index (χ1n) is 5.88. The molecule has 0 bridgehead atoms. The molecule has 1 N–H and O–H groups in total. The zero-order chi connectivity index (χ0) is 14.5. The third-order valence-electron chi connectivity index (χ3n) is 2.11. The van der Waals surface area contributed by atoms with Gasteiger partial charge in [-0.25, -0.2) is 4.79 Å². The van der Waals surface area contributed by atoms with Crippen LogP contribution in [0.4, 0.5) is 4.79 Å². The van der Waals surface area contributed by atoms with Crippen molar-refractivity contribution in [2.45, 2.75) is 38.8 Å². The Morgan fingerprint density at radius 3 is 2.50 bits per heavy atom. The van der Waals surface area contributed by atoms with E-state index < -0.39 is 23.7 Å². The van der Waals surface area contributed by atoms with Gasteiger partial charge in [0, 0.05) is 18.3 Å². The fourth-order valence-electron chi connectivity index (χ4n) is 1.37. The van der Waals surface area contributed by atoms with E-state index in [4.69, 9.17) is 4.74 Å². The second-order valence-corrected chi connectivity index (χ2v) is 5.04. The van der Waals surface area contributed by atoms with Crippen molar-refractivity contribution in [2.75, 3.05) is 0 Å². The first kappa shape index (κ1) is 18.9. The summed E-state index contributed by atoms with van der Waals surface area (Å²) < 4.78 is 4.99. The van der Waals surface area contributed by atoms with Crippen molar-refractivity contribution in [3.8, 4) is 0 Å². The molecule has 1 rings (SSSR count). The maximum absolute atomic E-state index is 11.5. The quantitative estimate of drug-likeness (QED) is 0.608. The summed E-state index contributed by atoms with van der Waals surface area (Å²) in [5.41, 5.74) is -0.140. The number of hydrogen-bond acceptors (Lipinski definition) is 5. The van der Waals surface area contributed by atoms with Crippen LogP contribution in [-0.4, -0.2) is 28.7 Å². The molecule has 0 aliphatic heterocycles. The Kier molecular flexibility index (Phi) is 7.78. The molecule has 6 nitrogen and oxygen atoms in total. The number of carbonyl (C=O) groups is 2. The van der Waals surface area contributed by atoms with Crippen LogP contribution in [0.25, 0.3) is 0 Å². The van der Waals surface area contributed by atoms with Crippen molar-refractivity contribution in [1.82, 2.24) is 10.3 Å². The number of carboxylic acid groups (broad SMARTS) is 1. The Balaban J connectivity index is 0.00000361. The van der Waals surface area contributed by atoms with E-state index in [1.807, 2.05) is 0 Å². The van der Waals surface area contributed by atoms with Gasteiger partial charge in [0.15, 0.2) is 0 Å². The van der Waals surface area contributed by atoms with E-state index in [-0.39, 0.29) is 36.0 Å². The third kappa shape index (κ3) is 7.47. The van der Waals surface area contributed by atoms with E-state index in [1.54, 1.807) is 45.2 Å². The van der Waals surface area contributed by atoms with E-state index >= 15 is 0 Å². The molecule has 1 aromatic heterocycles. The van der Waals surface area contributed by atoms with Gasteiger partial charge in [0.1, 0.15) is 5.60 Å². The first-order chi connectivity index (χ1) is 8.78. The van der Waals surface area contributed by atoms with Crippen molar-refractivity contribution < 1.29 is 49.0 Å². The summed E-state index contributed by atoms with van der Waals surface area (Å²) in [7, 11) is 0. The van der Waals surface area contributed by atoms with Gasteiger partial charge in [-0.3, -0.25) is 4.98 Å².